The van der Waals surface area contributed by atoms with Crippen LogP contribution in [-0.2, 0) is 19.1 Å². The summed E-state index contributed by atoms with van der Waals surface area (Å²) < 4.78 is 43.9. The summed E-state index contributed by atoms with van der Waals surface area (Å²) in [6.07, 6.45) is 3.27. The Morgan fingerprint density at radius 2 is 1.61 bits per heavy atom. The van der Waals surface area contributed by atoms with Crippen molar-refractivity contribution < 1.29 is 18.3 Å². The van der Waals surface area contributed by atoms with E-state index in [0.717, 1.165) is 86.8 Å². The van der Waals surface area contributed by atoms with Gasteiger partial charge in [0, 0.05) is 46.2 Å². The van der Waals surface area contributed by atoms with Gasteiger partial charge in [-0.1, -0.05) is 69.4 Å². The standard InChI is InChI=1S/C33H42F3N3O2/c1-4-27-22(2)30-28(18-17-26-31(30)25(33(34,35)36)21-29(40)38-26)39(27)20-14-9-7-5-6-8-13-19-37-23(3)32(41)24-15-11-10-12-16-24/h10-12,15-18,21,23,32,37,41H,4-9,13-14,19-20H2,1-3H3,(H,38,40). The number of aryl methyl sites for hydroxylation is 2. The lowest BCUT2D eigenvalue weighted by molar-refractivity contribution is -0.136. The SMILES string of the molecule is CCc1c(C)c2c3c(C(F)(F)F)cc(=O)[nH]c3ccc2n1CCCCCCCCCNC(C)C(O)c1ccccc1. The van der Waals surface area contributed by atoms with E-state index < -0.39 is 23.4 Å². The number of pyridine rings is 1. The molecule has 5 nitrogen and oxygen atoms in total. The maximum absolute atomic E-state index is 13.9. The van der Waals surface area contributed by atoms with Gasteiger partial charge in [0.05, 0.1) is 11.7 Å². The number of unbranched alkanes of at least 4 members (excludes halogenated alkanes) is 6. The van der Waals surface area contributed by atoms with Gasteiger partial charge in [0.1, 0.15) is 0 Å². The molecule has 0 fully saturated rings. The molecule has 0 aliphatic rings. The molecule has 0 radical (unpaired) electrons. The molecule has 0 bridgehead atoms. The highest BCUT2D eigenvalue weighted by atomic mass is 19.4. The van der Waals surface area contributed by atoms with E-state index in [2.05, 4.69) is 14.9 Å². The van der Waals surface area contributed by atoms with Crippen molar-refractivity contribution in [3.8, 4) is 0 Å². The topological polar surface area (TPSA) is 70.0 Å². The summed E-state index contributed by atoms with van der Waals surface area (Å²) in [5.74, 6) is 0. The summed E-state index contributed by atoms with van der Waals surface area (Å²) in [7, 11) is 0. The molecule has 2 aromatic carbocycles. The fourth-order valence-corrected chi connectivity index (χ4v) is 6.04. The Balaban J connectivity index is 1.27. The van der Waals surface area contributed by atoms with Crippen LogP contribution < -0.4 is 10.9 Å². The fourth-order valence-electron chi connectivity index (χ4n) is 6.04. The molecule has 222 valence electrons. The minimum Gasteiger partial charge on any atom is -0.387 e. The average Bonchev–Trinajstić information content (AvgIpc) is 3.23. The molecule has 0 amide bonds. The molecular weight excluding hydrogens is 527 g/mol. The summed E-state index contributed by atoms with van der Waals surface area (Å²) in [5, 5.41) is 14.6. The predicted molar refractivity (Wildman–Crippen MR) is 160 cm³/mol. The molecule has 0 aliphatic heterocycles. The number of fused-ring (bicyclic) bond motifs is 3. The molecule has 8 heteroatoms. The fraction of sp³-hybridized carbons (Fsp3) is 0.485. The first kappa shape index (κ1) is 30.8. The first-order chi connectivity index (χ1) is 19.6. The van der Waals surface area contributed by atoms with Crippen molar-refractivity contribution in [1.29, 1.82) is 0 Å². The second-order valence-corrected chi connectivity index (χ2v) is 11.1. The van der Waals surface area contributed by atoms with Crippen LogP contribution in [0.3, 0.4) is 0 Å². The van der Waals surface area contributed by atoms with Gasteiger partial charge < -0.3 is 20.0 Å². The van der Waals surface area contributed by atoms with Crippen LogP contribution in [0.4, 0.5) is 13.2 Å². The highest BCUT2D eigenvalue weighted by molar-refractivity contribution is 6.09. The Labute approximate surface area is 239 Å². The molecule has 41 heavy (non-hydrogen) atoms. The minimum atomic E-state index is -4.61. The zero-order valence-corrected chi connectivity index (χ0v) is 24.3. The van der Waals surface area contributed by atoms with Crippen LogP contribution in [-0.4, -0.2) is 27.2 Å². The van der Waals surface area contributed by atoms with E-state index >= 15 is 0 Å². The number of nitrogens with zero attached hydrogens (tertiary/aromatic N) is 1. The highest BCUT2D eigenvalue weighted by Crippen LogP contribution is 2.39. The number of nitrogens with one attached hydrogen (secondary N) is 2. The predicted octanol–water partition coefficient (Wildman–Crippen LogP) is 7.81. The highest BCUT2D eigenvalue weighted by Gasteiger charge is 2.34. The normalized spacial score (nSPS) is 13.7. The lowest BCUT2D eigenvalue weighted by Gasteiger charge is -2.20. The van der Waals surface area contributed by atoms with Gasteiger partial charge in [0.15, 0.2) is 0 Å². The Hall–Kier alpha value is -3.10. The van der Waals surface area contributed by atoms with Gasteiger partial charge >= 0.3 is 6.18 Å². The van der Waals surface area contributed by atoms with Crippen LogP contribution in [0.2, 0.25) is 0 Å². The first-order valence-electron chi connectivity index (χ1n) is 14.8. The van der Waals surface area contributed by atoms with Crippen LogP contribution in [0.1, 0.15) is 87.3 Å². The Bertz CT molecular complexity index is 1490. The molecule has 4 rings (SSSR count). The number of aromatic nitrogens is 2. The van der Waals surface area contributed by atoms with E-state index in [1.165, 1.54) is 0 Å². The molecule has 2 aromatic heterocycles. The number of benzene rings is 2. The molecular formula is C33H42F3N3O2. The number of aliphatic hydroxyl groups is 1. The number of hydrogen-bond acceptors (Lipinski definition) is 3. The monoisotopic (exact) mass is 569 g/mol. The Kier molecular flexibility index (Phi) is 10.3. The summed E-state index contributed by atoms with van der Waals surface area (Å²) >= 11 is 0. The molecule has 2 heterocycles. The van der Waals surface area contributed by atoms with E-state index in [-0.39, 0.29) is 16.9 Å². The summed E-state index contributed by atoms with van der Waals surface area (Å²) in [6.45, 7) is 7.57. The van der Waals surface area contributed by atoms with Crippen molar-refractivity contribution in [2.45, 2.75) is 97.0 Å². The molecule has 0 saturated carbocycles. The van der Waals surface area contributed by atoms with Crippen LogP contribution in [0.25, 0.3) is 21.8 Å². The van der Waals surface area contributed by atoms with Crippen LogP contribution in [0, 0.1) is 6.92 Å². The second kappa shape index (κ2) is 13.7. The molecule has 0 aliphatic carbocycles. The van der Waals surface area contributed by atoms with Crippen LogP contribution >= 0.6 is 0 Å². The Morgan fingerprint density at radius 1 is 0.951 bits per heavy atom. The van der Waals surface area contributed by atoms with E-state index in [1.807, 2.05) is 57.2 Å². The number of alkyl halides is 3. The van der Waals surface area contributed by atoms with Crippen LogP contribution in [0.15, 0.2) is 53.3 Å². The molecule has 2 unspecified atom stereocenters. The largest absolute Gasteiger partial charge is 0.417 e. The maximum Gasteiger partial charge on any atom is 0.417 e. The summed E-state index contributed by atoms with van der Waals surface area (Å²) in [5.41, 5.74) is 2.22. The average molecular weight is 570 g/mol. The number of aliphatic hydroxyl groups excluding tert-OH is 1. The first-order valence-corrected chi connectivity index (χ1v) is 14.8. The third-order valence-electron chi connectivity index (χ3n) is 8.19. The van der Waals surface area contributed by atoms with Gasteiger partial charge in [-0.15, -0.1) is 0 Å². The third kappa shape index (κ3) is 7.22. The molecule has 0 saturated heterocycles. The zero-order valence-electron chi connectivity index (χ0n) is 24.3. The van der Waals surface area contributed by atoms with Crippen molar-refractivity contribution in [1.82, 2.24) is 14.9 Å². The Morgan fingerprint density at radius 3 is 2.27 bits per heavy atom. The van der Waals surface area contributed by atoms with Gasteiger partial charge in [-0.2, -0.15) is 13.2 Å². The zero-order chi connectivity index (χ0) is 29.6. The lowest BCUT2D eigenvalue weighted by atomic mass is 10.0. The molecule has 0 spiro atoms. The number of rotatable bonds is 14. The summed E-state index contributed by atoms with van der Waals surface area (Å²) in [6, 6.07) is 13.8. The smallest absolute Gasteiger partial charge is 0.387 e. The molecule has 3 N–H and O–H groups in total. The number of hydrogen-bond donors (Lipinski definition) is 3. The van der Waals surface area contributed by atoms with Crippen molar-refractivity contribution in [2.24, 2.45) is 0 Å². The van der Waals surface area contributed by atoms with Crippen molar-refractivity contribution >= 4 is 21.8 Å². The van der Waals surface area contributed by atoms with Gasteiger partial charge in [0.25, 0.3) is 0 Å². The lowest BCUT2D eigenvalue weighted by Crippen LogP contribution is -2.32. The summed E-state index contributed by atoms with van der Waals surface area (Å²) in [4.78, 5) is 14.5. The number of aromatic amines is 1. The second-order valence-electron chi connectivity index (χ2n) is 11.1. The maximum atomic E-state index is 13.9. The van der Waals surface area contributed by atoms with Gasteiger partial charge in [0.2, 0.25) is 5.56 Å². The van der Waals surface area contributed by atoms with Crippen LogP contribution in [0.5, 0.6) is 0 Å². The third-order valence-corrected chi connectivity index (χ3v) is 8.19. The minimum absolute atomic E-state index is 0.000791. The van der Waals surface area contributed by atoms with Crippen molar-refractivity contribution in [2.75, 3.05) is 6.54 Å². The van der Waals surface area contributed by atoms with E-state index in [9.17, 15) is 23.1 Å². The number of H-pyrrole nitrogens is 1. The molecule has 2 atom stereocenters. The van der Waals surface area contributed by atoms with Gasteiger partial charge in [-0.3, -0.25) is 4.79 Å². The van der Waals surface area contributed by atoms with Crippen molar-refractivity contribution in [3.05, 3.63) is 81.3 Å². The van der Waals surface area contributed by atoms with Gasteiger partial charge in [-0.25, -0.2) is 0 Å². The van der Waals surface area contributed by atoms with E-state index in [4.69, 9.17) is 0 Å². The van der Waals surface area contributed by atoms with E-state index in [0.29, 0.717) is 11.5 Å². The van der Waals surface area contributed by atoms with Gasteiger partial charge in [-0.05, 0) is 62.9 Å². The molecule has 4 aromatic rings. The number of halogens is 3. The van der Waals surface area contributed by atoms with E-state index in [1.54, 1.807) is 6.07 Å². The van der Waals surface area contributed by atoms with Crippen molar-refractivity contribution in [3.63, 3.8) is 0 Å². The quantitative estimate of drug-likeness (QED) is 0.136.